The number of nitrogens with two attached hydrogens (primary N) is 1. The fourth-order valence-electron chi connectivity index (χ4n) is 4.38. The van der Waals surface area contributed by atoms with Crippen molar-refractivity contribution in [3.63, 3.8) is 0 Å². The molecule has 0 spiro atoms. The van der Waals surface area contributed by atoms with Crippen molar-refractivity contribution in [2.24, 2.45) is 5.73 Å². The molecule has 4 nitrogen and oxygen atoms in total. The maximum absolute atomic E-state index is 13.9. The molecule has 0 radical (unpaired) electrons. The number of rotatable bonds is 14. The van der Waals surface area contributed by atoms with Crippen LogP contribution in [0.15, 0.2) is 42.5 Å². The molecule has 0 amide bonds. The third kappa shape index (κ3) is 7.47. The summed E-state index contributed by atoms with van der Waals surface area (Å²) in [4.78, 5) is 3.93. The Hall–Kier alpha value is -2.54. The molecule has 3 rings (SSSR count). The van der Waals surface area contributed by atoms with E-state index in [2.05, 4.69) is 18.8 Å². The van der Waals surface area contributed by atoms with Crippen molar-refractivity contribution in [1.82, 2.24) is 9.55 Å². The quantitative estimate of drug-likeness (QED) is 0.231. The number of alkyl halides is 3. The minimum absolute atomic E-state index is 0.128. The van der Waals surface area contributed by atoms with Gasteiger partial charge in [-0.15, -0.1) is 0 Å². The van der Waals surface area contributed by atoms with Gasteiger partial charge in [-0.1, -0.05) is 77.3 Å². The molecule has 0 fully saturated rings. The van der Waals surface area contributed by atoms with Gasteiger partial charge in [0.05, 0.1) is 17.6 Å². The Morgan fingerprint density at radius 2 is 1.54 bits per heavy atom. The van der Waals surface area contributed by atoms with E-state index >= 15 is 0 Å². The van der Waals surface area contributed by atoms with Crippen LogP contribution >= 0.6 is 0 Å². The normalized spacial score (nSPS) is 12.9. The van der Waals surface area contributed by atoms with Crippen LogP contribution in [-0.2, 0) is 6.18 Å². The lowest BCUT2D eigenvalue weighted by atomic mass is 10.0. The monoisotopic (exact) mass is 489 g/mol. The minimum Gasteiger partial charge on any atom is -0.494 e. The molecule has 0 saturated heterocycles. The molecule has 35 heavy (non-hydrogen) atoms. The van der Waals surface area contributed by atoms with E-state index in [0.717, 1.165) is 35.8 Å². The van der Waals surface area contributed by atoms with Crippen molar-refractivity contribution in [2.45, 2.75) is 90.3 Å². The SMILES string of the molecule is CCCCCCCCCCOc1ccc2c(c1)nc(C(F)(F)F)n2-c1ccc(C(N)CCC)cc1. The van der Waals surface area contributed by atoms with Gasteiger partial charge in [0.25, 0.3) is 0 Å². The molecule has 2 aromatic carbocycles. The topological polar surface area (TPSA) is 53.1 Å². The lowest BCUT2D eigenvalue weighted by Gasteiger charge is -2.14. The molecule has 0 aliphatic rings. The highest BCUT2D eigenvalue weighted by Crippen LogP contribution is 2.35. The Labute approximate surface area is 206 Å². The highest BCUT2D eigenvalue weighted by molar-refractivity contribution is 5.80. The summed E-state index contributed by atoms with van der Waals surface area (Å²) in [6.45, 7) is 4.81. The van der Waals surface area contributed by atoms with Crippen LogP contribution in [0.4, 0.5) is 13.2 Å². The fraction of sp³-hybridized carbons (Fsp3) is 0.536. The minimum atomic E-state index is -4.59. The van der Waals surface area contributed by atoms with Gasteiger partial charge in [0.1, 0.15) is 5.75 Å². The number of hydrogen-bond donors (Lipinski definition) is 1. The first-order chi connectivity index (χ1) is 16.8. The zero-order valence-electron chi connectivity index (χ0n) is 20.9. The van der Waals surface area contributed by atoms with Crippen molar-refractivity contribution >= 4 is 11.0 Å². The van der Waals surface area contributed by atoms with Crippen molar-refractivity contribution in [3.05, 3.63) is 53.9 Å². The van der Waals surface area contributed by atoms with E-state index in [0.29, 0.717) is 23.6 Å². The number of ether oxygens (including phenoxy) is 1. The summed E-state index contributed by atoms with van der Waals surface area (Å²) in [6, 6.07) is 11.8. The summed E-state index contributed by atoms with van der Waals surface area (Å²) >= 11 is 0. The number of hydrogen-bond acceptors (Lipinski definition) is 3. The van der Waals surface area contributed by atoms with Crippen molar-refractivity contribution in [1.29, 1.82) is 0 Å². The molecule has 7 heteroatoms. The van der Waals surface area contributed by atoms with Gasteiger partial charge in [-0.3, -0.25) is 4.57 Å². The molecule has 1 atom stereocenters. The van der Waals surface area contributed by atoms with E-state index < -0.39 is 12.0 Å². The van der Waals surface area contributed by atoms with Crippen molar-refractivity contribution < 1.29 is 17.9 Å². The summed E-state index contributed by atoms with van der Waals surface area (Å²) in [5, 5.41) is 0. The summed E-state index contributed by atoms with van der Waals surface area (Å²) in [6.07, 6.45) is 6.77. The number of nitrogens with zero attached hydrogens (tertiary/aromatic N) is 2. The molecule has 0 aliphatic carbocycles. The molecule has 0 saturated carbocycles. The summed E-state index contributed by atoms with van der Waals surface area (Å²) in [5.74, 6) is -0.405. The first kappa shape index (κ1) is 27.1. The van der Waals surface area contributed by atoms with Crippen molar-refractivity contribution in [2.75, 3.05) is 6.61 Å². The highest BCUT2D eigenvalue weighted by atomic mass is 19.4. The number of fused-ring (bicyclic) bond motifs is 1. The number of benzene rings is 2. The average Bonchev–Trinajstić information content (AvgIpc) is 3.23. The summed E-state index contributed by atoms with van der Waals surface area (Å²) in [7, 11) is 0. The molecule has 0 bridgehead atoms. The molecule has 1 aromatic heterocycles. The maximum Gasteiger partial charge on any atom is 0.450 e. The van der Waals surface area contributed by atoms with Gasteiger partial charge >= 0.3 is 6.18 Å². The van der Waals surface area contributed by atoms with E-state index in [-0.39, 0.29) is 11.6 Å². The fourth-order valence-corrected chi connectivity index (χ4v) is 4.38. The predicted octanol–water partition coefficient (Wildman–Crippen LogP) is 8.36. The molecule has 1 heterocycles. The molecule has 192 valence electrons. The summed E-state index contributed by atoms with van der Waals surface area (Å²) in [5.41, 5.74) is 8.12. The molecular weight excluding hydrogens is 451 g/mol. The van der Waals surface area contributed by atoms with E-state index in [1.54, 1.807) is 42.5 Å². The summed E-state index contributed by atoms with van der Waals surface area (Å²) < 4.78 is 48.6. The Balaban J connectivity index is 1.70. The van der Waals surface area contributed by atoms with Crippen LogP contribution in [0.3, 0.4) is 0 Å². The average molecular weight is 490 g/mol. The van der Waals surface area contributed by atoms with Gasteiger partial charge < -0.3 is 10.5 Å². The number of halogens is 3. The van der Waals surface area contributed by atoms with Crippen LogP contribution in [0.1, 0.15) is 95.5 Å². The third-order valence-electron chi connectivity index (χ3n) is 6.33. The Kier molecular flexibility index (Phi) is 10.0. The van der Waals surface area contributed by atoms with Crippen LogP contribution < -0.4 is 10.5 Å². The van der Waals surface area contributed by atoms with Gasteiger partial charge in [-0.2, -0.15) is 13.2 Å². The second-order valence-corrected chi connectivity index (χ2v) is 9.23. The first-order valence-electron chi connectivity index (χ1n) is 12.9. The Bertz CT molecular complexity index is 1040. The zero-order valence-corrected chi connectivity index (χ0v) is 20.9. The maximum atomic E-state index is 13.9. The zero-order chi connectivity index (χ0) is 25.3. The van der Waals surface area contributed by atoms with E-state index in [1.165, 1.54) is 38.5 Å². The van der Waals surface area contributed by atoms with Gasteiger partial charge in [0.2, 0.25) is 5.82 Å². The molecular formula is C28H38F3N3O. The number of aromatic nitrogens is 2. The largest absolute Gasteiger partial charge is 0.494 e. The van der Waals surface area contributed by atoms with Gasteiger partial charge in [-0.25, -0.2) is 4.98 Å². The second kappa shape index (κ2) is 13.0. The van der Waals surface area contributed by atoms with Crippen LogP contribution in [-0.4, -0.2) is 16.2 Å². The molecule has 0 aliphatic heterocycles. The lowest BCUT2D eigenvalue weighted by molar-refractivity contribution is -0.145. The van der Waals surface area contributed by atoms with Crippen LogP contribution in [0, 0.1) is 0 Å². The van der Waals surface area contributed by atoms with E-state index in [1.807, 2.05) is 0 Å². The lowest BCUT2D eigenvalue weighted by Crippen LogP contribution is -2.14. The van der Waals surface area contributed by atoms with E-state index in [4.69, 9.17) is 10.5 Å². The first-order valence-corrected chi connectivity index (χ1v) is 12.9. The molecule has 3 aromatic rings. The van der Waals surface area contributed by atoms with Crippen LogP contribution in [0.5, 0.6) is 5.75 Å². The van der Waals surface area contributed by atoms with Crippen molar-refractivity contribution in [3.8, 4) is 11.4 Å². The Morgan fingerprint density at radius 3 is 2.17 bits per heavy atom. The third-order valence-corrected chi connectivity index (χ3v) is 6.33. The van der Waals surface area contributed by atoms with E-state index in [9.17, 15) is 13.2 Å². The smallest absolute Gasteiger partial charge is 0.450 e. The van der Waals surface area contributed by atoms with Crippen LogP contribution in [0.2, 0.25) is 0 Å². The highest BCUT2D eigenvalue weighted by Gasteiger charge is 2.38. The standard InChI is InChI=1S/C28H38F3N3O/c1-3-5-6-7-8-9-10-11-19-35-23-17-18-26-25(20-23)33-27(28(29,30)31)34(26)22-15-13-21(14-16-22)24(32)12-4-2/h13-18,20,24H,3-12,19,32H2,1-2H3. The molecule has 1 unspecified atom stereocenters. The second-order valence-electron chi connectivity index (χ2n) is 9.23. The van der Waals surface area contributed by atoms with Gasteiger partial charge in [-0.05, 0) is 42.7 Å². The Morgan fingerprint density at radius 1 is 0.886 bits per heavy atom. The van der Waals surface area contributed by atoms with Gasteiger partial charge in [0.15, 0.2) is 0 Å². The predicted molar refractivity (Wildman–Crippen MR) is 136 cm³/mol. The number of imidazole rings is 1. The number of unbranched alkanes of at least 4 members (excludes halogenated alkanes) is 7. The molecule has 2 N–H and O–H groups in total. The van der Waals surface area contributed by atoms with Crippen LogP contribution in [0.25, 0.3) is 16.7 Å². The van der Waals surface area contributed by atoms with Gasteiger partial charge in [0, 0.05) is 17.8 Å².